The first-order chi connectivity index (χ1) is 13.2. The second kappa shape index (κ2) is 12.3. The minimum Gasteiger partial charge on any atom is -0.480 e. The standard InChI is InChI=1S/C17H30N4O7/c1-2-18-14(22)4-3-13(17(27)28)21-9-7-19(11-15(23)24)5-6-20(8-10-21)12-16(25)26/h13H,2-12H2,1H3,(H,18,22)(H,23,24)(H,25,26)(H,27,28). The number of nitrogens with zero attached hydrogens (tertiary/aromatic N) is 3. The molecule has 1 rings (SSSR count). The van der Waals surface area contributed by atoms with E-state index in [-0.39, 0.29) is 31.8 Å². The smallest absolute Gasteiger partial charge is 0.320 e. The van der Waals surface area contributed by atoms with Gasteiger partial charge in [-0.3, -0.25) is 33.9 Å². The van der Waals surface area contributed by atoms with Crippen molar-refractivity contribution in [3.05, 3.63) is 0 Å². The third-order valence-electron chi connectivity index (χ3n) is 4.60. The average molecular weight is 402 g/mol. The van der Waals surface area contributed by atoms with Crippen molar-refractivity contribution < 1.29 is 34.5 Å². The predicted molar refractivity (Wildman–Crippen MR) is 99.1 cm³/mol. The van der Waals surface area contributed by atoms with E-state index in [1.165, 1.54) is 0 Å². The Bertz CT molecular complexity index is 530. The summed E-state index contributed by atoms with van der Waals surface area (Å²) in [6, 6.07) is -0.904. The van der Waals surface area contributed by atoms with Crippen LogP contribution < -0.4 is 5.32 Å². The Balaban J connectivity index is 2.88. The van der Waals surface area contributed by atoms with E-state index < -0.39 is 23.9 Å². The van der Waals surface area contributed by atoms with Crippen molar-refractivity contribution in [2.24, 2.45) is 0 Å². The number of carbonyl (C=O) groups is 4. The van der Waals surface area contributed by atoms with Crippen LogP contribution in [0.3, 0.4) is 0 Å². The van der Waals surface area contributed by atoms with E-state index in [4.69, 9.17) is 10.2 Å². The number of carboxylic acids is 3. The summed E-state index contributed by atoms with van der Waals surface area (Å²) < 4.78 is 0. The first-order valence-corrected chi connectivity index (χ1v) is 9.34. The minimum absolute atomic E-state index is 0.0684. The topological polar surface area (TPSA) is 151 Å². The molecule has 4 N–H and O–H groups in total. The van der Waals surface area contributed by atoms with E-state index in [1.54, 1.807) is 21.6 Å². The highest BCUT2D eigenvalue weighted by Crippen LogP contribution is 2.11. The number of carboxylic acid groups (broad SMARTS) is 3. The molecule has 1 atom stereocenters. The van der Waals surface area contributed by atoms with Gasteiger partial charge in [0, 0.05) is 52.2 Å². The molecule has 1 amide bonds. The third-order valence-corrected chi connectivity index (χ3v) is 4.60. The molecule has 0 spiro atoms. The lowest BCUT2D eigenvalue weighted by Gasteiger charge is -2.30. The van der Waals surface area contributed by atoms with Gasteiger partial charge < -0.3 is 20.6 Å². The number of nitrogens with one attached hydrogen (secondary N) is 1. The van der Waals surface area contributed by atoms with Crippen LogP contribution in [0.15, 0.2) is 0 Å². The maximum absolute atomic E-state index is 11.8. The molecule has 0 aromatic carbocycles. The van der Waals surface area contributed by atoms with Crippen molar-refractivity contribution in [3.63, 3.8) is 0 Å². The van der Waals surface area contributed by atoms with Crippen molar-refractivity contribution >= 4 is 23.8 Å². The number of hydrogen-bond donors (Lipinski definition) is 4. The molecule has 11 nitrogen and oxygen atoms in total. The molecule has 0 radical (unpaired) electrons. The summed E-state index contributed by atoms with van der Waals surface area (Å²) >= 11 is 0. The van der Waals surface area contributed by atoms with Crippen LogP contribution in [0.2, 0.25) is 0 Å². The van der Waals surface area contributed by atoms with Gasteiger partial charge in [-0.2, -0.15) is 0 Å². The van der Waals surface area contributed by atoms with Gasteiger partial charge in [0.25, 0.3) is 0 Å². The molecule has 11 heteroatoms. The van der Waals surface area contributed by atoms with Crippen LogP contribution in [-0.2, 0) is 19.2 Å². The predicted octanol–water partition coefficient (Wildman–Crippen LogP) is -1.56. The first-order valence-electron chi connectivity index (χ1n) is 9.34. The van der Waals surface area contributed by atoms with Crippen LogP contribution in [-0.4, -0.2) is 119 Å². The number of carbonyl (C=O) groups excluding carboxylic acids is 1. The molecule has 1 heterocycles. The Morgan fingerprint density at radius 3 is 1.71 bits per heavy atom. The van der Waals surface area contributed by atoms with Gasteiger partial charge in [-0.25, -0.2) is 0 Å². The molecular weight excluding hydrogens is 372 g/mol. The lowest BCUT2D eigenvalue weighted by Crippen LogP contribution is -2.47. The second-order valence-corrected chi connectivity index (χ2v) is 6.72. The SMILES string of the molecule is CCNC(=O)CCC(C(=O)O)N1CCN(CC(=O)O)CCN(CC(=O)O)CC1. The summed E-state index contributed by atoms with van der Waals surface area (Å²) in [6.45, 7) is 3.93. The van der Waals surface area contributed by atoms with Crippen LogP contribution >= 0.6 is 0 Å². The van der Waals surface area contributed by atoms with Crippen molar-refractivity contribution in [2.75, 3.05) is 58.9 Å². The molecule has 1 aliphatic heterocycles. The van der Waals surface area contributed by atoms with E-state index in [9.17, 15) is 24.3 Å². The van der Waals surface area contributed by atoms with Crippen molar-refractivity contribution in [2.45, 2.75) is 25.8 Å². The molecule has 0 bridgehead atoms. The zero-order valence-corrected chi connectivity index (χ0v) is 16.2. The second-order valence-electron chi connectivity index (χ2n) is 6.72. The van der Waals surface area contributed by atoms with Crippen LogP contribution in [0.4, 0.5) is 0 Å². The van der Waals surface area contributed by atoms with Gasteiger partial charge in [-0.05, 0) is 13.3 Å². The fraction of sp³-hybridized carbons (Fsp3) is 0.765. The minimum atomic E-state index is -1.06. The first kappa shape index (κ1) is 23.8. The van der Waals surface area contributed by atoms with Crippen LogP contribution in [0.1, 0.15) is 19.8 Å². The fourth-order valence-corrected chi connectivity index (χ4v) is 3.18. The number of amides is 1. The van der Waals surface area contributed by atoms with E-state index in [1.807, 2.05) is 0 Å². The van der Waals surface area contributed by atoms with Crippen molar-refractivity contribution in [1.29, 1.82) is 0 Å². The Morgan fingerprint density at radius 2 is 1.32 bits per heavy atom. The van der Waals surface area contributed by atoms with Gasteiger partial charge in [-0.15, -0.1) is 0 Å². The largest absolute Gasteiger partial charge is 0.480 e. The van der Waals surface area contributed by atoms with Crippen LogP contribution in [0.5, 0.6) is 0 Å². The molecule has 0 aromatic heterocycles. The highest BCUT2D eigenvalue weighted by Gasteiger charge is 2.28. The van der Waals surface area contributed by atoms with Crippen molar-refractivity contribution in [3.8, 4) is 0 Å². The molecule has 0 aromatic rings. The van der Waals surface area contributed by atoms with Crippen molar-refractivity contribution in [1.82, 2.24) is 20.0 Å². The molecule has 160 valence electrons. The number of rotatable bonds is 10. The summed E-state index contributed by atoms with van der Waals surface area (Å²) in [5.74, 6) is -3.28. The average Bonchev–Trinajstić information content (AvgIpc) is 2.67. The molecule has 1 saturated heterocycles. The maximum atomic E-state index is 11.8. The Hall–Kier alpha value is -2.24. The van der Waals surface area contributed by atoms with Gasteiger partial charge in [0.2, 0.25) is 5.91 Å². The van der Waals surface area contributed by atoms with Gasteiger partial charge in [0.05, 0.1) is 13.1 Å². The Labute approximate surface area is 163 Å². The quantitative estimate of drug-likeness (QED) is 0.338. The van der Waals surface area contributed by atoms with Crippen LogP contribution in [0, 0.1) is 0 Å². The van der Waals surface area contributed by atoms with E-state index >= 15 is 0 Å². The zero-order chi connectivity index (χ0) is 21.1. The van der Waals surface area contributed by atoms with E-state index in [0.29, 0.717) is 45.8 Å². The monoisotopic (exact) mass is 402 g/mol. The summed E-state index contributed by atoms with van der Waals surface area (Å²) in [5.41, 5.74) is 0. The zero-order valence-electron chi connectivity index (χ0n) is 16.2. The lowest BCUT2D eigenvalue weighted by molar-refractivity contribution is -0.144. The van der Waals surface area contributed by atoms with Gasteiger partial charge in [0.1, 0.15) is 6.04 Å². The van der Waals surface area contributed by atoms with Gasteiger partial charge in [-0.1, -0.05) is 0 Å². The molecule has 0 saturated carbocycles. The summed E-state index contributed by atoms with van der Waals surface area (Å²) in [4.78, 5) is 50.7. The third kappa shape index (κ3) is 9.11. The van der Waals surface area contributed by atoms with Crippen LogP contribution in [0.25, 0.3) is 0 Å². The molecule has 28 heavy (non-hydrogen) atoms. The highest BCUT2D eigenvalue weighted by atomic mass is 16.4. The molecular formula is C17H30N4O7. The van der Waals surface area contributed by atoms with Gasteiger partial charge in [0.15, 0.2) is 0 Å². The summed E-state index contributed by atoms with van der Waals surface area (Å²) in [5, 5.41) is 30.4. The Kier molecular flexibility index (Phi) is 10.4. The summed E-state index contributed by atoms with van der Waals surface area (Å²) in [6.07, 6.45) is 0.192. The van der Waals surface area contributed by atoms with E-state index in [2.05, 4.69) is 5.32 Å². The normalized spacial score (nSPS) is 18.5. The molecule has 1 aliphatic rings. The maximum Gasteiger partial charge on any atom is 0.320 e. The van der Waals surface area contributed by atoms with E-state index in [0.717, 1.165) is 0 Å². The van der Waals surface area contributed by atoms with Gasteiger partial charge >= 0.3 is 17.9 Å². The lowest BCUT2D eigenvalue weighted by atomic mass is 10.1. The Morgan fingerprint density at radius 1 is 0.857 bits per heavy atom. The number of aliphatic carboxylic acids is 3. The highest BCUT2D eigenvalue weighted by molar-refractivity contribution is 5.78. The summed E-state index contributed by atoms with van der Waals surface area (Å²) in [7, 11) is 0. The molecule has 0 aliphatic carbocycles. The molecule has 1 unspecified atom stereocenters. The fourth-order valence-electron chi connectivity index (χ4n) is 3.18. The number of hydrogen-bond acceptors (Lipinski definition) is 7. The molecule has 1 fully saturated rings.